The van der Waals surface area contributed by atoms with Gasteiger partial charge in [-0.1, -0.05) is 0 Å². The van der Waals surface area contributed by atoms with Crippen LogP contribution in [0.5, 0.6) is 0 Å². The van der Waals surface area contributed by atoms with Crippen molar-refractivity contribution in [3.8, 4) is 6.07 Å². The van der Waals surface area contributed by atoms with Crippen LogP contribution in [0.4, 0.5) is 0 Å². The second-order valence-corrected chi connectivity index (χ2v) is 4.82. The number of nitrogens with one attached hydrogen (secondary N) is 2. The molecule has 0 bridgehead atoms. The Morgan fingerprint density at radius 2 is 2.00 bits per heavy atom. The van der Waals surface area contributed by atoms with Gasteiger partial charge in [0.25, 0.3) is 0 Å². The number of hydrogen-bond donors (Lipinski definition) is 2. The van der Waals surface area contributed by atoms with Crippen LogP contribution >= 0.6 is 11.3 Å². The van der Waals surface area contributed by atoms with Gasteiger partial charge in [-0.25, -0.2) is 0 Å². The number of hydrogen-bond acceptors (Lipinski definition) is 4. The highest BCUT2D eigenvalue weighted by Crippen LogP contribution is 2.20. The molecule has 0 unspecified atom stereocenters. The Hall–Kier alpha value is -1.87. The molecule has 6 heteroatoms. The molecule has 1 aromatic heterocycles. The normalized spacial score (nSPS) is 9.47. The molecule has 0 saturated heterocycles. The zero-order valence-corrected chi connectivity index (χ0v) is 10.5. The van der Waals surface area contributed by atoms with Crippen molar-refractivity contribution < 1.29 is 9.59 Å². The Labute approximate surface area is 103 Å². The molecule has 0 spiro atoms. The Kier molecular flexibility index (Phi) is 4.67. The van der Waals surface area contributed by atoms with Crippen LogP contribution in [-0.4, -0.2) is 18.4 Å². The Morgan fingerprint density at radius 1 is 1.35 bits per heavy atom. The fraction of sp³-hybridized carbons (Fsp3) is 0.364. The molecular formula is C11H13N3O2S. The summed E-state index contributed by atoms with van der Waals surface area (Å²) in [5.41, 5.74) is 1.17. The quantitative estimate of drug-likeness (QED) is 0.610. The number of nitriles is 1. The fourth-order valence-electron chi connectivity index (χ4n) is 1.18. The van der Waals surface area contributed by atoms with E-state index in [1.807, 2.05) is 19.9 Å². The molecule has 2 amide bonds. The van der Waals surface area contributed by atoms with Crippen LogP contribution in [0.2, 0.25) is 0 Å². The zero-order chi connectivity index (χ0) is 12.8. The van der Waals surface area contributed by atoms with Gasteiger partial charge in [0, 0.05) is 9.75 Å². The van der Waals surface area contributed by atoms with Crippen LogP contribution in [-0.2, 0) is 16.1 Å². The first kappa shape index (κ1) is 13.2. The molecule has 0 aliphatic heterocycles. The summed E-state index contributed by atoms with van der Waals surface area (Å²) < 4.78 is 0. The molecule has 17 heavy (non-hydrogen) atoms. The van der Waals surface area contributed by atoms with E-state index in [1.54, 1.807) is 17.4 Å². The monoisotopic (exact) mass is 251 g/mol. The number of carbonyl (C=O) groups excluding carboxylic acids is 2. The summed E-state index contributed by atoms with van der Waals surface area (Å²) in [6.45, 7) is 4.17. The maximum absolute atomic E-state index is 11.3. The van der Waals surface area contributed by atoms with Gasteiger partial charge in [-0.3, -0.25) is 9.59 Å². The summed E-state index contributed by atoms with van der Waals surface area (Å²) in [6.07, 6.45) is 0. The van der Waals surface area contributed by atoms with Crippen LogP contribution < -0.4 is 10.6 Å². The van der Waals surface area contributed by atoms with Crippen LogP contribution in [0.15, 0.2) is 6.07 Å². The summed E-state index contributed by atoms with van der Waals surface area (Å²) >= 11 is 1.59. The van der Waals surface area contributed by atoms with Gasteiger partial charge >= 0.3 is 11.8 Å². The van der Waals surface area contributed by atoms with Crippen LogP contribution in [0.3, 0.4) is 0 Å². The van der Waals surface area contributed by atoms with Gasteiger partial charge in [-0.2, -0.15) is 5.26 Å². The van der Waals surface area contributed by atoms with Crippen LogP contribution in [0.25, 0.3) is 0 Å². The van der Waals surface area contributed by atoms with Crippen molar-refractivity contribution in [1.82, 2.24) is 10.6 Å². The second kappa shape index (κ2) is 6.01. The topological polar surface area (TPSA) is 82.0 Å². The third-order valence-electron chi connectivity index (χ3n) is 2.17. The highest BCUT2D eigenvalue weighted by molar-refractivity contribution is 7.12. The maximum atomic E-state index is 11.3. The van der Waals surface area contributed by atoms with E-state index in [0.29, 0.717) is 6.54 Å². The van der Waals surface area contributed by atoms with Gasteiger partial charge in [0.05, 0.1) is 12.6 Å². The van der Waals surface area contributed by atoms with E-state index in [9.17, 15) is 9.59 Å². The predicted molar refractivity (Wildman–Crippen MR) is 64.3 cm³/mol. The Balaban J connectivity index is 2.43. The average molecular weight is 251 g/mol. The molecule has 0 atom stereocenters. The van der Waals surface area contributed by atoms with E-state index in [1.165, 1.54) is 10.4 Å². The minimum Gasteiger partial charge on any atom is -0.343 e. The fourth-order valence-corrected chi connectivity index (χ4v) is 2.18. The van der Waals surface area contributed by atoms with Crippen molar-refractivity contribution in [2.45, 2.75) is 20.4 Å². The molecule has 0 aliphatic rings. The highest BCUT2D eigenvalue weighted by Gasteiger charge is 2.12. The van der Waals surface area contributed by atoms with Crippen molar-refractivity contribution in [2.75, 3.05) is 6.54 Å². The number of amides is 2. The SMILES string of the molecule is Cc1cc(CNC(=O)C(=O)NCC#N)sc1C. The Morgan fingerprint density at radius 3 is 2.53 bits per heavy atom. The number of rotatable bonds is 3. The molecule has 0 fully saturated rings. The van der Waals surface area contributed by atoms with Gasteiger partial charge in [0.15, 0.2) is 0 Å². The van der Waals surface area contributed by atoms with E-state index in [2.05, 4.69) is 10.6 Å². The van der Waals surface area contributed by atoms with E-state index < -0.39 is 11.8 Å². The van der Waals surface area contributed by atoms with E-state index in [-0.39, 0.29) is 6.54 Å². The minimum atomic E-state index is -0.781. The minimum absolute atomic E-state index is 0.163. The molecule has 1 rings (SSSR count). The molecule has 2 N–H and O–H groups in total. The van der Waals surface area contributed by atoms with Crippen molar-refractivity contribution in [3.63, 3.8) is 0 Å². The van der Waals surface area contributed by atoms with Gasteiger partial charge in [0.2, 0.25) is 0 Å². The van der Waals surface area contributed by atoms with Crippen molar-refractivity contribution in [2.24, 2.45) is 0 Å². The second-order valence-electron chi connectivity index (χ2n) is 3.48. The van der Waals surface area contributed by atoms with Gasteiger partial charge in [-0.15, -0.1) is 11.3 Å². The highest BCUT2D eigenvalue weighted by atomic mass is 32.1. The summed E-state index contributed by atoms with van der Waals surface area (Å²) in [6, 6.07) is 3.71. The third kappa shape index (κ3) is 3.89. The lowest BCUT2D eigenvalue weighted by Crippen LogP contribution is -2.39. The molecular weight excluding hydrogens is 238 g/mol. The van der Waals surface area contributed by atoms with Crippen molar-refractivity contribution >= 4 is 23.2 Å². The molecule has 90 valence electrons. The molecule has 0 radical (unpaired) electrons. The molecule has 0 aromatic carbocycles. The number of carbonyl (C=O) groups is 2. The molecule has 5 nitrogen and oxygen atoms in total. The first-order chi connectivity index (χ1) is 8.04. The van der Waals surface area contributed by atoms with Crippen LogP contribution in [0, 0.1) is 25.2 Å². The smallest absolute Gasteiger partial charge is 0.310 e. The van der Waals surface area contributed by atoms with Crippen molar-refractivity contribution in [3.05, 3.63) is 21.4 Å². The number of nitrogens with zero attached hydrogens (tertiary/aromatic N) is 1. The lowest BCUT2D eigenvalue weighted by atomic mass is 10.3. The summed E-state index contributed by atoms with van der Waals surface area (Å²) in [4.78, 5) is 24.6. The van der Waals surface area contributed by atoms with Crippen molar-refractivity contribution in [1.29, 1.82) is 5.26 Å². The maximum Gasteiger partial charge on any atom is 0.310 e. The lowest BCUT2D eigenvalue weighted by molar-refractivity contribution is -0.139. The largest absolute Gasteiger partial charge is 0.343 e. The molecule has 0 aliphatic carbocycles. The summed E-state index contributed by atoms with van der Waals surface area (Å²) in [7, 11) is 0. The number of thiophene rings is 1. The van der Waals surface area contributed by atoms with Gasteiger partial charge in [0.1, 0.15) is 6.54 Å². The van der Waals surface area contributed by atoms with Crippen LogP contribution in [0.1, 0.15) is 15.3 Å². The van der Waals surface area contributed by atoms with Gasteiger partial charge in [-0.05, 0) is 25.5 Å². The molecule has 0 saturated carbocycles. The first-order valence-electron chi connectivity index (χ1n) is 5.03. The lowest BCUT2D eigenvalue weighted by Gasteiger charge is -2.02. The third-order valence-corrected chi connectivity index (χ3v) is 3.33. The zero-order valence-electron chi connectivity index (χ0n) is 9.66. The average Bonchev–Trinajstić information content (AvgIpc) is 2.62. The standard InChI is InChI=1S/C11H13N3O2S/c1-7-5-9(17-8(7)2)6-14-11(16)10(15)13-4-3-12/h5H,4,6H2,1-2H3,(H,13,15)(H,14,16). The Bertz CT molecular complexity index is 454. The van der Waals surface area contributed by atoms with E-state index in [4.69, 9.17) is 5.26 Å². The van der Waals surface area contributed by atoms with Gasteiger partial charge < -0.3 is 10.6 Å². The van der Waals surface area contributed by atoms with E-state index >= 15 is 0 Å². The predicted octanol–water partition coefficient (Wildman–Crippen LogP) is 0.621. The molecule has 1 heterocycles. The summed E-state index contributed by atoms with van der Waals surface area (Å²) in [5.74, 6) is -1.50. The summed E-state index contributed by atoms with van der Waals surface area (Å²) in [5, 5.41) is 12.9. The number of aryl methyl sites for hydroxylation is 2. The first-order valence-corrected chi connectivity index (χ1v) is 5.85. The molecule has 1 aromatic rings. The van der Waals surface area contributed by atoms with E-state index in [0.717, 1.165) is 4.88 Å².